The number of aliphatic hydroxyl groups is 1. The predicted octanol–water partition coefficient (Wildman–Crippen LogP) is 2.54. The van der Waals surface area contributed by atoms with Crippen molar-refractivity contribution in [2.45, 2.75) is 52.4 Å². The Morgan fingerprint density at radius 2 is 1.93 bits per heavy atom. The molecule has 0 radical (unpaired) electrons. The van der Waals surface area contributed by atoms with E-state index in [1.54, 1.807) is 0 Å². The van der Waals surface area contributed by atoms with Crippen LogP contribution in [0.25, 0.3) is 0 Å². The van der Waals surface area contributed by atoms with E-state index >= 15 is 0 Å². The Morgan fingerprint density at radius 1 is 1.36 bits per heavy atom. The van der Waals surface area contributed by atoms with Gasteiger partial charge in [-0.25, -0.2) is 0 Å². The molecule has 0 spiro atoms. The van der Waals surface area contributed by atoms with Crippen LogP contribution in [0.5, 0.6) is 0 Å². The smallest absolute Gasteiger partial charge is 0.164 e. The maximum atomic E-state index is 11.7. The van der Waals surface area contributed by atoms with E-state index in [0.717, 1.165) is 19.3 Å². The molecule has 1 N–H and O–H groups in total. The monoisotopic (exact) mass is 198 g/mol. The highest BCUT2D eigenvalue weighted by molar-refractivity contribution is 5.85. The standard InChI is InChI=1S/C12H22O2/c1-3-12(2,11(14)9-13)10-7-5-4-6-8-10/h10,13H,3-9H2,1-2H3. The Kier molecular flexibility index (Phi) is 4.11. The summed E-state index contributed by atoms with van der Waals surface area (Å²) in [6.07, 6.45) is 6.99. The van der Waals surface area contributed by atoms with E-state index < -0.39 is 0 Å². The van der Waals surface area contributed by atoms with E-state index in [-0.39, 0.29) is 17.8 Å². The Hall–Kier alpha value is -0.370. The summed E-state index contributed by atoms with van der Waals surface area (Å²) in [6.45, 7) is 3.80. The van der Waals surface area contributed by atoms with Gasteiger partial charge in [0.25, 0.3) is 0 Å². The molecule has 0 amide bonds. The Morgan fingerprint density at radius 3 is 2.36 bits per heavy atom. The van der Waals surface area contributed by atoms with Crippen LogP contribution in [0.3, 0.4) is 0 Å². The fraction of sp³-hybridized carbons (Fsp3) is 0.917. The molecular weight excluding hydrogens is 176 g/mol. The molecule has 1 rings (SSSR count). The summed E-state index contributed by atoms with van der Waals surface area (Å²) in [5.41, 5.74) is -0.269. The second-order valence-electron chi connectivity index (χ2n) is 4.69. The molecule has 14 heavy (non-hydrogen) atoms. The van der Waals surface area contributed by atoms with Gasteiger partial charge in [0.05, 0.1) is 0 Å². The summed E-state index contributed by atoms with van der Waals surface area (Å²) in [5, 5.41) is 8.98. The fourth-order valence-corrected chi connectivity index (χ4v) is 2.63. The zero-order valence-corrected chi connectivity index (χ0v) is 9.38. The van der Waals surface area contributed by atoms with E-state index in [1.807, 2.05) is 6.92 Å². The summed E-state index contributed by atoms with van der Waals surface area (Å²) in [5.74, 6) is 0.535. The molecule has 0 aromatic carbocycles. The molecule has 0 saturated heterocycles. The molecule has 0 aromatic rings. The van der Waals surface area contributed by atoms with Gasteiger partial charge in [-0.05, 0) is 25.2 Å². The zero-order chi connectivity index (χ0) is 10.6. The molecule has 1 saturated carbocycles. The Bertz CT molecular complexity index is 194. The molecular formula is C12H22O2. The molecule has 2 heteroatoms. The number of hydrogen-bond acceptors (Lipinski definition) is 2. The van der Waals surface area contributed by atoms with Crippen LogP contribution in [0, 0.1) is 11.3 Å². The predicted molar refractivity (Wildman–Crippen MR) is 57.1 cm³/mol. The molecule has 2 nitrogen and oxygen atoms in total. The van der Waals surface area contributed by atoms with Gasteiger partial charge in [-0.2, -0.15) is 0 Å². The minimum absolute atomic E-state index is 0.0342. The van der Waals surface area contributed by atoms with Crippen molar-refractivity contribution in [1.29, 1.82) is 0 Å². The molecule has 1 aliphatic rings. The summed E-state index contributed by atoms with van der Waals surface area (Å²) in [7, 11) is 0. The van der Waals surface area contributed by atoms with Crippen molar-refractivity contribution in [2.24, 2.45) is 11.3 Å². The van der Waals surface area contributed by atoms with Crippen molar-refractivity contribution in [3.63, 3.8) is 0 Å². The summed E-state index contributed by atoms with van der Waals surface area (Å²) >= 11 is 0. The van der Waals surface area contributed by atoms with Gasteiger partial charge in [-0.1, -0.05) is 33.1 Å². The van der Waals surface area contributed by atoms with Crippen molar-refractivity contribution in [3.05, 3.63) is 0 Å². The first kappa shape index (κ1) is 11.7. The van der Waals surface area contributed by atoms with Crippen LogP contribution in [-0.4, -0.2) is 17.5 Å². The minimum atomic E-state index is -0.291. The van der Waals surface area contributed by atoms with Crippen LogP contribution in [0.15, 0.2) is 0 Å². The van der Waals surface area contributed by atoms with Crippen LogP contribution in [0.4, 0.5) is 0 Å². The third-order valence-corrected chi connectivity index (χ3v) is 4.02. The Balaban J connectivity index is 2.71. The molecule has 0 aliphatic heterocycles. The fourth-order valence-electron chi connectivity index (χ4n) is 2.63. The zero-order valence-electron chi connectivity index (χ0n) is 9.38. The van der Waals surface area contributed by atoms with Crippen LogP contribution in [-0.2, 0) is 4.79 Å². The molecule has 1 aliphatic carbocycles. The first-order valence-electron chi connectivity index (χ1n) is 5.79. The second kappa shape index (κ2) is 4.92. The topological polar surface area (TPSA) is 37.3 Å². The molecule has 1 atom stereocenters. The highest BCUT2D eigenvalue weighted by atomic mass is 16.3. The number of aliphatic hydroxyl groups excluding tert-OH is 1. The number of carbonyl (C=O) groups is 1. The van der Waals surface area contributed by atoms with Crippen LogP contribution < -0.4 is 0 Å². The summed E-state index contributed by atoms with van der Waals surface area (Å²) < 4.78 is 0. The largest absolute Gasteiger partial charge is 0.389 e. The Labute approximate surface area is 86.7 Å². The maximum Gasteiger partial charge on any atom is 0.164 e. The van der Waals surface area contributed by atoms with Gasteiger partial charge < -0.3 is 5.11 Å². The first-order valence-corrected chi connectivity index (χ1v) is 5.79. The van der Waals surface area contributed by atoms with Crippen LogP contribution in [0.1, 0.15) is 52.4 Å². The van der Waals surface area contributed by atoms with Crippen LogP contribution in [0.2, 0.25) is 0 Å². The van der Waals surface area contributed by atoms with Crippen molar-refractivity contribution < 1.29 is 9.90 Å². The SMILES string of the molecule is CCC(C)(C(=O)CO)C1CCCCC1. The van der Waals surface area contributed by atoms with Gasteiger partial charge in [-0.3, -0.25) is 4.79 Å². The lowest BCUT2D eigenvalue weighted by Crippen LogP contribution is -2.38. The highest BCUT2D eigenvalue weighted by Crippen LogP contribution is 2.41. The van der Waals surface area contributed by atoms with Gasteiger partial charge in [0.2, 0.25) is 0 Å². The molecule has 0 aromatic heterocycles. The highest BCUT2D eigenvalue weighted by Gasteiger charge is 2.38. The maximum absolute atomic E-state index is 11.7. The number of carbonyl (C=O) groups excluding carboxylic acids is 1. The van der Waals surface area contributed by atoms with Gasteiger partial charge >= 0.3 is 0 Å². The minimum Gasteiger partial charge on any atom is -0.389 e. The van der Waals surface area contributed by atoms with Crippen molar-refractivity contribution in [1.82, 2.24) is 0 Å². The average Bonchev–Trinajstić information content (AvgIpc) is 2.28. The van der Waals surface area contributed by atoms with Gasteiger partial charge in [0.1, 0.15) is 6.61 Å². The van der Waals surface area contributed by atoms with Crippen molar-refractivity contribution in [2.75, 3.05) is 6.61 Å². The second-order valence-corrected chi connectivity index (χ2v) is 4.69. The third-order valence-electron chi connectivity index (χ3n) is 4.02. The van der Waals surface area contributed by atoms with E-state index in [4.69, 9.17) is 5.11 Å². The van der Waals surface area contributed by atoms with Gasteiger partial charge in [0.15, 0.2) is 5.78 Å². The number of ketones is 1. The number of Topliss-reactive ketones (excluding diaryl/α,β-unsaturated/α-hetero) is 1. The van der Waals surface area contributed by atoms with Crippen LogP contribution >= 0.6 is 0 Å². The van der Waals surface area contributed by atoms with Gasteiger partial charge in [-0.15, -0.1) is 0 Å². The van der Waals surface area contributed by atoms with Gasteiger partial charge in [0, 0.05) is 5.41 Å². The lowest BCUT2D eigenvalue weighted by Gasteiger charge is -2.37. The molecule has 1 fully saturated rings. The molecule has 0 heterocycles. The summed E-state index contributed by atoms with van der Waals surface area (Å²) in [6, 6.07) is 0. The van der Waals surface area contributed by atoms with E-state index in [1.165, 1.54) is 19.3 Å². The van der Waals surface area contributed by atoms with E-state index in [0.29, 0.717) is 5.92 Å². The molecule has 1 unspecified atom stereocenters. The lowest BCUT2D eigenvalue weighted by atomic mass is 9.66. The average molecular weight is 198 g/mol. The van der Waals surface area contributed by atoms with E-state index in [9.17, 15) is 4.79 Å². The molecule has 0 bridgehead atoms. The molecule has 82 valence electrons. The van der Waals surface area contributed by atoms with Crippen molar-refractivity contribution >= 4 is 5.78 Å². The lowest BCUT2D eigenvalue weighted by molar-refractivity contribution is -0.135. The quantitative estimate of drug-likeness (QED) is 0.753. The number of hydrogen-bond donors (Lipinski definition) is 1. The van der Waals surface area contributed by atoms with Crippen molar-refractivity contribution in [3.8, 4) is 0 Å². The van der Waals surface area contributed by atoms with E-state index in [2.05, 4.69) is 6.92 Å². The normalized spacial score (nSPS) is 23.1. The summed E-state index contributed by atoms with van der Waals surface area (Å²) in [4.78, 5) is 11.7. The first-order chi connectivity index (χ1) is 6.65. The number of rotatable bonds is 4. The third kappa shape index (κ3) is 2.17.